The molecule has 0 N–H and O–H groups in total. The molecule has 0 heterocycles. The monoisotopic (exact) mass is 505 g/mol. The van der Waals surface area contributed by atoms with Gasteiger partial charge in [0.2, 0.25) is 0 Å². The van der Waals surface area contributed by atoms with E-state index >= 15 is 0 Å². The van der Waals surface area contributed by atoms with E-state index in [2.05, 4.69) is 64.8 Å². The van der Waals surface area contributed by atoms with Crippen molar-refractivity contribution in [1.29, 1.82) is 0 Å². The van der Waals surface area contributed by atoms with E-state index in [0.29, 0.717) is 0 Å². The number of carbonyl (C=O) groups is 1. The second kappa shape index (κ2) is 12.3. The number of carbonyl (C=O) groups excluding carboxylic acids is 1. The molecule has 0 saturated carbocycles. The van der Waals surface area contributed by atoms with Crippen LogP contribution in [0.15, 0.2) is 48.5 Å². The summed E-state index contributed by atoms with van der Waals surface area (Å²) in [6.07, 6.45) is 1.64. The average molecular weight is 506 g/mol. The molecule has 2 unspecified atom stereocenters. The molecule has 3 rings (SSSR count). The van der Waals surface area contributed by atoms with Crippen LogP contribution in [0.3, 0.4) is 0 Å². The van der Waals surface area contributed by atoms with E-state index in [1.54, 1.807) is 0 Å². The maximum absolute atomic E-state index is 11.8. The summed E-state index contributed by atoms with van der Waals surface area (Å²) >= 11 is 0. The van der Waals surface area contributed by atoms with Crippen LogP contribution >= 0.6 is 0 Å². The summed E-state index contributed by atoms with van der Waals surface area (Å²) in [6, 6.07) is 16.3. The number of rotatable bonds is 3. The fraction of sp³-hybridized carbons (Fsp3) is 0.414. The van der Waals surface area contributed by atoms with E-state index in [4.69, 9.17) is 4.74 Å². The predicted molar refractivity (Wildman–Crippen MR) is 129 cm³/mol. The molecule has 2 aromatic rings. The van der Waals surface area contributed by atoms with Crippen molar-refractivity contribution >= 4 is 5.78 Å². The van der Waals surface area contributed by atoms with Crippen LogP contribution in [0.25, 0.3) is 0 Å². The van der Waals surface area contributed by atoms with Gasteiger partial charge in [0.05, 0.1) is 6.10 Å². The summed E-state index contributed by atoms with van der Waals surface area (Å²) < 4.78 is 5.39. The Morgan fingerprint density at radius 2 is 1.53 bits per heavy atom. The molecule has 169 valence electrons. The molecule has 1 aliphatic rings. The average Bonchev–Trinajstić information content (AvgIpc) is 2.67. The number of Topliss-reactive ketones (excluding diaryl/α,β-unsaturated/α-hetero) is 1. The molecule has 3 heteroatoms. The molecule has 0 aliphatic heterocycles. The fourth-order valence-corrected chi connectivity index (χ4v) is 3.75. The number of hydrogen-bond donors (Lipinski definition) is 0. The summed E-state index contributed by atoms with van der Waals surface area (Å²) in [6.45, 7) is 16.2. The Balaban J connectivity index is 0.000000330. The zero-order valence-electron chi connectivity index (χ0n) is 20.5. The minimum atomic E-state index is -0.252. The van der Waals surface area contributed by atoms with Gasteiger partial charge in [0.15, 0.2) is 0 Å². The van der Waals surface area contributed by atoms with Gasteiger partial charge in [-0.15, -0.1) is 5.92 Å². The second-order valence-electron chi connectivity index (χ2n) is 10.4. The number of ether oxygens (including phenoxy) is 1. The Kier molecular flexibility index (Phi) is 11.0. The Bertz CT molecular complexity index is 951. The van der Waals surface area contributed by atoms with Crippen molar-refractivity contribution < 1.29 is 42.2 Å². The summed E-state index contributed by atoms with van der Waals surface area (Å²) in [5.41, 5.74) is 4.38. The van der Waals surface area contributed by atoms with Gasteiger partial charge in [-0.05, 0) is 28.7 Å². The molecule has 2 nitrogen and oxygen atoms in total. The Morgan fingerprint density at radius 1 is 1.00 bits per heavy atom. The van der Waals surface area contributed by atoms with Gasteiger partial charge in [0.1, 0.15) is 5.78 Å². The zero-order chi connectivity index (χ0) is 23.2. The van der Waals surface area contributed by atoms with Crippen LogP contribution in [0, 0.1) is 42.6 Å². The molecule has 0 spiro atoms. The summed E-state index contributed by atoms with van der Waals surface area (Å²) in [7, 11) is 3.61. The van der Waals surface area contributed by atoms with Gasteiger partial charge >= 0.3 is 0 Å². The molecular formula is C29H36O2Y-2. The van der Waals surface area contributed by atoms with E-state index in [-0.39, 0.29) is 61.3 Å². The van der Waals surface area contributed by atoms with Gasteiger partial charge < -0.3 is 16.5 Å². The normalized spacial score (nSPS) is 15.7. The van der Waals surface area contributed by atoms with Crippen molar-refractivity contribution in [2.24, 2.45) is 16.7 Å². The van der Waals surface area contributed by atoms with E-state index in [1.807, 2.05) is 51.1 Å². The number of hydrogen-bond acceptors (Lipinski definition) is 2. The van der Waals surface area contributed by atoms with Gasteiger partial charge in [-0.25, -0.2) is 7.11 Å². The molecule has 1 radical (unpaired) electrons. The van der Waals surface area contributed by atoms with Gasteiger partial charge in [-0.3, -0.25) is 0 Å². The van der Waals surface area contributed by atoms with E-state index < -0.39 is 0 Å². The molecule has 0 bridgehead atoms. The maximum Gasteiger partial charge on any atom is 0.111 e. The summed E-state index contributed by atoms with van der Waals surface area (Å²) in [5, 5.41) is 0. The SMILES string of the molecule is [CH2-]C(CC(C)(C)C)C(=O)C(C)(C)C.[CH2-]OC1Cc2ccccc2C#Cc2ccccc21.[Y]. The third-order valence-corrected chi connectivity index (χ3v) is 5.23. The minimum absolute atomic E-state index is 0. The smallest absolute Gasteiger partial charge is 0.111 e. The standard InChI is InChI=1S/C17H13O.C12H23O.Y/c1-18-17-12-15-8-3-2-6-13(15)10-11-14-7-4-5-9-16(14)17;1-9(8-11(2,3)4)10(13)12(5,6)7;/h2-9,17H,1,12H2;9H,1,8H2,2-7H3;/q2*-1;. The quantitative estimate of drug-likeness (QED) is 0.332. The molecule has 1 aliphatic carbocycles. The van der Waals surface area contributed by atoms with Crippen LogP contribution < -0.4 is 0 Å². The Labute approximate surface area is 220 Å². The number of benzene rings is 2. The van der Waals surface area contributed by atoms with Crippen LogP contribution in [0.4, 0.5) is 0 Å². The van der Waals surface area contributed by atoms with Crippen molar-refractivity contribution in [3.05, 3.63) is 84.8 Å². The van der Waals surface area contributed by atoms with Gasteiger partial charge in [-0.1, -0.05) is 96.2 Å². The number of ketones is 1. The third-order valence-electron chi connectivity index (χ3n) is 5.23. The van der Waals surface area contributed by atoms with Crippen molar-refractivity contribution in [2.75, 3.05) is 0 Å². The zero-order valence-corrected chi connectivity index (χ0v) is 23.3. The van der Waals surface area contributed by atoms with Gasteiger partial charge in [-0.2, -0.15) is 0 Å². The van der Waals surface area contributed by atoms with E-state index in [1.165, 1.54) is 5.56 Å². The molecule has 0 saturated heterocycles. The Morgan fingerprint density at radius 3 is 2.09 bits per heavy atom. The first-order valence-corrected chi connectivity index (χ1v) is 10.9. The minimum Gasteiger partial charge on any atom is -0.549 e. The first-order valence-electron chi connectivity index (χ1n) is 10.9. The second-order valence-corrected chi connectivity index (χ2v) is 10.4. The van der Waals surface area contributed by atoms with Crippen molar-refractivity contribution in [2.45, 2.75) is 60.5 Å². The number of fused-ring (bicyclic) bond motifs is 2. The molecule has 32 heavy (non-hydrogen) atoms. The van der Waals surface area contributed by atoms with Gasteiger partial charge in [0.25, 0.3) is 0 Å². The van der Waals surface area contributed by atoms with E-state index in [9.17, 15) is 4.79 Å². The van der Waals surface area contributed by atoms with Crippen LogP contribution in [0.5, 0.6) is 0 Å². The van der Waals surface area contributed by atoms with Crippen molar-refractivity contribution in [1.82, 2.24) is 0 Å². The first-order chi connectivity index (χ1) is 14.4. The summed E-state index contributed by atoms with van der Waals surface area (Å²) in [4.78, 5) is 11.8. The largest absolute Gasteiger partial charge is 0.549 e. The molecule has 2 aromatic carbocycles. The van der Waals surface area contributed by atoms with E-state index in [0.717, 1.165) is 29.5 Å². The third kappa shape index (κ3) is 8.59. The van der Waals surface area contributed by atoms with Crippen LogP contribution in [-0.4, -0.2) is 5.78 Å². The molecule has 0 amide bonds. The summed E-state index contributed by atoms with van der Waals surface area (Å²) in [5.74, 6) is 6.66. The Hall–Kier alpha value is -1.27. The molecule has 0 fully saturated rings. The van der Waals surface area contributed by atoms with Crippen LogP contribution in [0.1, 0.15) is 76.3 Å². The van der Waals surface area contributed by atoms with Crippen molar-refractivity contribution in [3.63, 3.8) is 0 Å². The van der Waals surface area contributed by atoms with Crippen LogP contribution in [-0.2, 0) is 48.7 Å². The van der Waals surface area contributed by atoms with Crippen LogP contribution in [0.2, 0.25) is 0 Å². The maximum atomic E-state index is 11.8. The molecule has 0 aromatic heterocycles. The molecule has 2 atom stereocenters. The fourth-order valence-electron chi connectivity index (χ4n) is 3.75. The molecular weight excluding hydrogens is 469 g/mol. The van der Waals surface area contributed by atoms with Crippen molar-refractivity contribution in [3.8, 4) is 11.8 Å². The first kappa shape index (κ1) is 28.8. The van der Waals surface area contributed by atoms with Gasteiger partial charge in [0, 0.05) is 55.7 Å². The predicted octanol–water partition coefficient (Wildman–Crippen LogP) is 6.98. The topological polar surface area (TPSA) is 26.3 Å².